The first-order chi connectivity index (χ1) is 11.5. The third-order valence-electron chi connectivity index (χ3n) is 4.05. The molecule has 4 nitrogen and oxygen atoms in total. The number of fused-ring (bicyclic) bond motifs is 1. The van der Waals surface area contributed by atoms with E-state index in [4.69, 9.17) is 11.6 Å². The number of nitrogens with one attached hydrogen (secondary N) is 1. The molecule has 1 heterocycles. The third-order valence-corrected chi connectivity index (χ3v) is 4.41. The molecule has 0 unspecified atom stereocenters. The summed E-state index contributed by atoms with van der Waals surface area (Å²) in [4.78, 5) is 25.4. The van der Waals surface area contributed by atoms with Gasteiger partial charge in [0, 0.05) is 41.9 Å². The van der Waals surface area contributed by atoms with Gasteiger partial charge in [-0.25, -0.2) is 4.39 Å². The van der Waals surface area contributed by atoms with Crippen molar-refractivity contribution in [2.75, 3.05) is 12.4 Å². The first-order valence-corrected chi connectivity index (χ1v) is 7.94. The molecule has 0 radical (unpaired) electrons. The predicted molar refractivity (Wildman–Crippen MR) is 90.6 cm³/mol. The number of hydrogen-bond donors (Lipinski definition) is 1. The molecule has 0 atom stereocenters. The van der Waals surface area contributed by atoms with Gasteiger partial charge in [0.05, 0.1) is 0 Å². The predicted octanol–water partition coefficient (Wildman–Crippen LogP) is 3.64. The van der Waals surface area contributed by atoms with Crippen molar-refractivity contribution in [1.29, 1.82) is 0 Å². The van der Waals surface area contributed by atoms with E-state index in [0.717, 1.165) is 11.3 Å². The number of carbonyl (C=O) groups is 2. The van der Waals surface area contributed by atoms with Gasteiger partial charge in [0.25, 0.3) is 5.91 Å². The lowest BCUT2D eigenvalue weighted by Crippen LogP contribution is -2.27. The Morgan fingerprint density at radius 2 is 2.08 bits per heavy atom. The van der Waals surface area contributed by atoms with Crippen molar-refractivity contribution in [1.82, 2.24) is 4.90 Å². The second-order valence-corrected chi connectivity index (χ2v) is 6.19. The molecular formula is C18H16ClFN2O2. The van der Waals surface area contributed by atoms with Gasteiger partial charge in [-0.3, -0.25) is 9.59 Å². The lowest BCUT2D eigenvalue weighted by molar-refractivity contribution is -0.116. The first kappa shape index (κ1) is 16.5. The number of rotatable bonds is 3. The fourth-order valence-corrected chi connectivity index (χ4v) is 2.95. The standard InChI is InChI=1S/C18H16ClFN2O2/c1-22(10-13-14(19)3-2-4-15(13)20)18(24)12-5-7-16-11(9-12)6-8-17(23)21-16/h2-5,7,9H,6,8,10H2,1H3,(H,21,23). The van der Waals surface area contributed by atoms with Crippen LogP contribution in [0.25, 0.3) is 0 Å². The number of carbonyl (C=O) groups excluding carboxylic acids is 2. The molecule has 0 aromatic heterocycles. The molecule has 124 valence electrons. The highest BCUT2D eigenvalue weighted by molar-refractivity contribution is 6.31. The smallest absolute Gasteiger partial charge is 0.253 e. The van der Waals surface area contributed by atoms with Gasteiger partial charge < -0.3 is 10.2 Å². The van der Waals surface area contributed by atoms with E-state index in [1.165, 1.54) is 17.0 Å². The van der Waals surface area contributed by atoms with E-state index in [0.29, 0.717) is 29.0 Å². The van der Waals surface area contributed by atoms with E-state index in [1.54, 1.807) is 31.3 Å². The average Bonchev–Trinajstić information content (AvgIpc) is 2.57. The normalized spacial score (nSPS) is 13.2. The van der Waals surface area contributed by atoms with Crippen LogP contribution < -0.4 is 5.32 Å². The molecule has 0 fully saturated rings. The van der Waals surface area contributed by atoms with Crippen LogP contribution in [0.15, 0.2) is 36.4 Å². The van der Waals surface area contributed by atoms with Crippen LogP contribution in [0, 0.1) is 5.82 Å². The number of benzene rings is 2. The van der Waals surface area contributed by atoms with Gasteiger partial charge in [0.1, 0.15) is 5.82 Å². The third kappa shape index (κ3) is 3.26. The van der Waals surface area contributed by atoms with Crippen LogP contribution in [0.5, 0.6) is 0 Å². The second-order valence-electron chi connectivity index (χ2n) is 5.78. The topological polar surface area (TPSA) is 49.4 Å². The highest BCUT2D eigenvalue weighted by Gasteiger charge is 2.19. The van der Waals surface area contributed by atoms with Gasteiger partial charge in [-0.1, -0.05) is 17.7 Å². The van der Waals surface area contributed by atoms with Gasteiger partial charge in [-0.15, -0.1) is 0 Å². The van der Waals surface area contributed by atoms with E-state index in [1.807, 2.05) is 0 Å². The summed E-state index contributed by atoms with van der Waals surface area (Å²) < 4.78 is 13.9. The quantitative estimate of drug-likeness (QED) is 0.922. The highest BCUT2D eigenvalue weighted by atomic mass is 35.5. The summed E-state index contributed by atoms with van der Waals surface area (Å²) >= 11 is 6.01. The molecule has 0 spiro atoms. The minimum atomic E-state index is -0.435. The minimum Gasteiger partial charge on any atom is -0.337 e. The molecule has 0 aliphatic carbocycles. The van der Waals surface area contributed by atoms with Crippen LogP contribution in [0.2, 0.25) is 5.02 Å². The Morgan fingerprint density at radius 1 is 1.29 bits per heavy atom. The molecule has 0 saturated heterocycles. The van der Waals surface area contributed by atoms with Crippen LogP contribution in [-0.4, -0.2) is 23.8 Å². The van der Waals surface area contributed by atoms with Gasteiger partial charge in [-0.2, -0.15) is 0 Å². The van der Waals surface area contributed by atoms with Gasteiger partial charge >= 0.3 is 0 Å². The molecule has 24 heavy (non-hydrogen) atoms. The van der Waals surface area contributed by atoms with E-state index in [9.17, 15) is 14.0 Å². The van der Waals surface area contributed by atoms with Crippen LogP contribution in [0.3, 0.4) is 0 Å². The van der Waals surface area contributed by atoms with Crippen LogP contribution in [-0.2, 0) is 17.8 Å². The Balaban J connectivity index is 1.80. The summed E-state index contributed by atoms with van der Waals surface area (Å²) in [6.07, 6.45) is 1.01. The van der Waals surface area contributed by atoms with Crippen LogP contribution in [0.1, 0.15) is 27.9 Å². The molecule has 6 heteroatoms. The molecule has 2 aromatic rings. The Labute approximate surface area is 144 Å². The second kappa shape index (κ2) is 6.61. The molecule has 0 bridgehead atoms. The summed E-state index contributed by atoms with van der Waals surface area (Å²) in [5.41, 5.74) is 2.46. The monoisotopic (exact) mass is 346 g/mol. The number of aryl methyl sites for hydroxylation is 1. The Kier molecular flexibility index (Phi) is 4.53. The number of amides is 2. The van der Waals surface area contributed by atoms with Crippen molar-refractivity contribution in [3.63, 3.8) is 0 Å². The molecule has 0 saturated carbocycles. The Morgan fingerprint density at radius 3 is 2.83 bits per heavy atom. The fourth-order valence-electron chi connectivity index (χ4n) is 2.73. The maximum absolute atomic E-state index is 13.9. The molecule has 1 N–H and O–H groups in total. The average molecular weight is 347 g/mol. The van der Waals surface area contributed by atoms with Crippen molar-refractivity contribution in [2.45, 2.75) is 19.4 Å². The Hall–Kier alpha value is -2.40. The van der Waals surface area contributed by atoms with Gasteiger partial charge in [-0.05, 0) is 42.3 Å². The number of halogens is 2. The zero-order chi connectivity index (χ0) is 17.3. The number of anilines is 1. The molecule has 1 aliphatic rings. The van der Waals surface area contributed by atoms with Crippen LogP contribution in [0.4, 0.5) is 10.1 Å². The van der Waals surface area contributed by atoms with E-state index < -0.39 is 5.82 Å². The van der Waals surface area contributed by atoms with Gasteiger partial charge in [0.2, 0.25) is 5.91 Å². The SMILES string of the molecule is CN(Cc1c(F)cccc1Cl)C(=O)c1ccc2c(c1)CCC(=O)N2. The van der Waals surface area contributed by atoms with Gasteiger partial charge in [0.15, 0.2) is 0 Å². The van der Waals surface area contributed by atoms with E-state index in [2.05, 4.69) is 5.32 Å². The first-order valence-electron chi connectivity index (χ1n) is 7.57. The number of nitrogens with zero attached hydrogens (tertiary/aromatic N) is 1. The summed E-state index contributed by atoms with van der Waals surface area (Å²) in [7, 11) is 1.60. The zero-order valence-electron chi connectivity index (χ0n) is 13.1. The van der Waals surface area contributed by atoms with E-state index in [-0.39, 0.29) is 18.4 Å². The number of hydrogen-bond acceptors (Lipinski definition) is 2. The summed E-state index contributed by atoms with van der Waals surface area (Å²) in [5, 5.41) is 3.07. The molecule has 1 aliphatic heterocycles. The summed E-state index contributed by atoms with van der Waals surface area (Å²) in [5.74, 6) is -0.683. The largest absolute Gasteiger partial charge is 0.337 e. The molecular weight excluding hydrogens is 331 g/mol. The zero-order valence-corrected chi connectivity index (χ0v) is 13.9. The fraction of sp³-hybridized carbons (Fsp3) is 0.222. The minimum absolute atomic E-state index is 0.0205. The lowest BCUT2D eigenvalue weighted by atomic mass is 10.00. The van der Waals surface area contributed by atoms with Crippen molar-refractivity contribution >= 4 is 29.1 Å². The van der Waals surface area contributed by atoms with Crippen LogP contribution >= 0.6 is 11.6 Å². The maximum atomic E-state index is 13.9. The van der Waals surface area contributed by atoms with Crippen molar-refractivity contribution < 1.29 is 14.0 Å². The molecule has 2 amide bonds. The molecule has 3 rings (SSSR count). The van der Waals surface area contributed by atoms with Crippen molar-refractivity contribution in [3.8, 4) is 0 Å². The Bertz CT molecular complexity index is 802. The van der Waals surface area contributed by atoms with Crippen molar-refractivity contribution in [2.24, 2.45) is 0 Å². The maximum Gasteiger partial charge on any atom is 0.253 e. The van der Waals surface area contributed by atoms with Crippen molar-refractivity contribution in [3.05, 3.63) is 63.9 Å². The van der Waals surface area contributed by atoms with E-state index >= 15 is 0 Å². The highest BCUT2D eigenvalue weighted by Crippen LogP contribution is 2.25. The molecule has 2 aromatic carbocycles. The summed E-state index contributed by atoms with van der Waals surface area (Å²) in [6, 6.07) is 9.61. The lowest BCUT2D eigenvalue weighted by Gasteiger charge is -2.21. The summed E-state index contributed by atoms with van der Waals surface area (Å²) in [6.45, 7) is 0.0815.